The number of carbonyl (C=O) groups excluding carboxylic acids is 1. The van der Waals surface area contributed by atoms with Gasteiger partial charge in [-0.3, -0.25) is 4.68 Å². The minimum atomic E-state index is -0.517. The fourth-order valence-corrected chi connectivity index (χ4v) is 2.92. The first-order valence-corrected chi connectivity index (χ1v) is 8.18. The zero-order chi connectivity index (χ0) is 16.3. The monoisotopic (exact) mass is 321 g/mol. The fraction of sp³-hybridized carbons (Fsp3) is 0.533. The second-order valence-electron chi connectivity index (χ2n) is 6.34. The summed E-state index contributed by atoms with van der Waals surface area (Å²) >= 11 is 1.55. The van der Waals surface area contributed by atoms with Gasteiger partial charge >= 0.3 is 6.03 Å². The number of hydrogen-bond acceptors (Lipinski definition) is 4. The molecule has 2 N–H and O–H groups in total. The lowest BCUT2D eigenvalue weighted by atomic mass is 10.1. The summed E-state index contributed by atoms with van der Waals surface area (Å²) in [6, 6.07) is -0.262. The van der Waals surface area contributed by atoms with Gasteiger partial charge in [0.1, 0.15) is 5.01 Å². The number of thiazole rings is 1. The Morgan fingerprint density at radius 2 is 2.18 bits per heavy atom. The van der Waals surface area contributed by atoms with Gasteiger partial charge in [-0.15, -0.1) is 11.3 Å². The van der Waals surface area contributed by atoms with Crippen LogP contribution in [0.15, 0.2) is 17.8 Å². The molecule has 6 nitrogen and oxygen atoms in total. The molecule has 120 valence electrons. The van der Waals surface area contributed by atoms with Crippen LogP contribution in [0.2, 0.25) is 0 Å². The van der Waals surface area contributed by atoms with Crippen molar-refractivity contribution >= 4 is 23.1 Å². The van der Waals surface area contributed by atoms with Crippen LogP contribution < -0.4 is 10.6 Å². The van der Waals surface area contributed by atoms with Crippen LogP contribution in [0.4, 0.5) is 10.5 Å². The average molecular weight is 321 g/mol. The van der Waals surface area contributed by atoms with Crippen LogP contribution in [0.1, 0.15) is 38.4 Å². The quantitative estimate of drug-likeness (QED) is 0.887. The van der Waals surface area contributed by atoms with Gasteiger partial charge in [-0.2, -0.15) is 5.10 Å². The third-order valence-electron chi connectivity index (χ3n) is 3.02. The van der Waals surface area contributed by atoms with E-state index in [4.69, 9.17) is 0 Å². The van der Waals surface area contributed by atoms with Gasteiger partial charge in [0.25, 0.3) is 0 Å². The number of aryl methyl sites for hydroxylation is 1. The van der Waals surface area contributed by atoms with Crippen molar-refractivity contribution in [3.05, 3.63) is 28.5 Å². The first kappa shape index (κ1) is 16.5. The van der Waals surface area contributed by atoms with Crippen molar-refractivity contribution in [2.75, 3.05) is 5.32 Å². The second kappa shape index (κ2) is 6.48. The number of nitrogens with one attached hydrogen (secondary N) is 2. The molecule has 2 aromatic rings. The molecule has 2 heterocycles. The minimum absolute atomic E-state index is 0.262. The van der Waals surface area contributed by atoms with Gasteiger partial charge in [0.2, 0.25) is 0 Å². The normalized spacial score (nSPS) is 11.7. The molecule has 0 atom stereocenters. The molecule has 2 rings (SSSR count). The van der Waals surface area contributed by atoms with E-state index in [0.717, 1.165) is 17.2 Å². The highest BCUT2D eigenvalue weighted by Gasteiger charge is 2.26. The summed E-state index contributed by atoms with van der Waals surface area (Å²) in [7, 11) is 0. The van der Waals surface area contributed by atoms with E-state index in [0.29, 0.717) is 11.6 Å². The molecular weight excluding hydrogens is 298 g/mol. The minimum Gasteiger partial charge on any atom is -0.326 e. The Labute approximate surface area is 135 Å². The van der Waals surface area contributed by atoms with Crippen molar-refractivity contribution in [3.8, 4) is 0 Å². The van der Waals surface area contributed by atoms with Crippen LogP contribution in [0.25, 0.3) is 0 Å². The van der Waals surface area contributed by atoms with E-state index in [-0.39, 0.29) is 6.03 Å². The Kier molecular flexibility index (Phi) is 4.85. The zero-order valence-corrected chi connectivity index (χ0v) is 14.5. The van der Waals surface area contributed by atoms with E-state index >= 15 is 0 Å². The Balaban J connectivity index is 1.96. The fourth-order valence-electron chi connectivity index (χ4n) is 2.04. The molecule has 0 saturated carbocycles. The molecule has 2 amide bonds. The molecule has 0 aliphatic carbocycles. The highest BCUT2D eigenvalue weighted by Crippen LogP contribution is 2.23. The molecule has 0 saturated heterocycles. The maximum absolute atomic E-state index is 12.2. The van der Waals surface area contributed by atoms with Gasteiger partial charge in [-0.1, -0.05) is 13.8 Å². The first-order valence-electron chi connectivity index (χ1n) is 7.30. The van der Waals surface area contributed by atoms with Crippen LogP contribution >= 0.6 is 11.3 Å². The molecule has 0 bridgehead atoms. The lowest BCUT2D eigenvalue weighted by Gasteiger charge is -2.23. The summed E-state index contributed by atoms with van der Waals surface area (Å²) < 4.78 is 1.83. The summed E-state index contributed by atoms with van der Waals surface area (Å²) in [5.41, 5.74) is 1.13. The lowest BCUT2D eigenvalue weighted by Crippen LogP contribution is -2.43. The number of aromatic nitrogens is 3. The number of urea groups is 1. The number of carbonyl (C=O) groups is 1. The predicted octanol–water partition coefficient (Wildman–Crippen LogP) is 3.36. The summed E-state index contributed by atoms with van der Waals surface area (Å²) in [5.74, 6) is 0.508. The van der Waals surface area contributed by atoms with E-state index in [9.17, 15) is 4.79 Å². The topological polar surface area (TPSA) is 71.8 Å². The van der Waals surface area contributed by atoms with Gasteiger partial charge in [0.15, 0.2) is 0 Å². The third-order valence-corrected chi connectivity index (χ3v) is 4.31. The van der Waals surface area contributed by atoms with E-state index < -0.39 is 5.54 Å². The molecule has 0 aliphatic rings. The zero-order valence-electron chi connectivity index (χ0n) is 13.7. The van der Waals surface area contributed by atoms with Gasteiger partial charge < -0.3 is 10.6 Å². The Bertz CT molecular complexity index is 644. The summed E-state index contributed by atoms with van der Waals surface area (Å²) in [6.45, 7) is 10.9. The smallest absolute Gasteiger partial charge is 0.320 e. The van der Waals surface area contributed by atoms with Crippen molar-refractivity contribution in [3.63, 3.8) is 0 Å². The maximum Gasteiger partial charge on any atom is 0.320 e. The summed E-state index contributed by atoms with van der Waals surface area (Å²) in [5, 5.41) is 12.9. The molecule has 22 heavy (non-hydrogen) atoms. The van der Waals surface area contributed by atoms with Crippen molar-refractivity contribution < 1.29 is 4.79 Å². The van der Waals surface area contributed by atoms with Crippen molar-refractivity contribution in [1.82, 2.24) is 20.1 Å². The number of amides is 2. The van der Waals surface area contributed by atoms with Crippen LogP contribution in [0, 0.1) is 12.8 Å². The molecule has 0 radical (unpaired) electrons. The molecule has 0 aliphatic heterocycles. The molecule has 0 spiro atoms. The Morgan fingerprint density at radius 3 is 2.77 bits per heavy atom. The van der Waals surface area contributed by atoms with Crippen molar-refractivity contribution in [2.45, 2.75) is 46.7 Å². The average Bonchev–Trinajstić information content (AvgIpc) is 2.97. The molecule has 7 heteroatoms. The molecular formula is C15H23N5OS. The SMILES string of the molecule is Cc1csc(C(C)(C)NC(=O)Nc2cnn(CC(C)C)c2)n1. The standard InChI is InChI=1S/C15H23N5OS/c1-10(2)7-20-8-12(6-16-20)18-14(21)19-15(4,5)13-17-11(3)9-22-13/h6,8-10H,7H2,1-5H3,(H2,18,19,21). The van der Waals surface area contributed by atoms with Crippen molar-refractivity contribution in [1.29, 1.82) is 0 Å². The second-order valence-corrected chi connectivity index (χ2v) is 7.20. The van der Waals surface area contributed by atoms with Crippen LogP contribution in [-0.4, -0.2) is 20.8 Å². The van der Waals surface area contributed by atoms with E-state index in [1.807, 2.05) is 37.0 Å². The van der Waals surface area contributed by atoms with E-state index in [1.165, 1.54) is 0 Å². The summed E-state index contributed by atoms with van der Waals surface area (Å²) in [6.07, 6.45) is 3.49. The van der Waals surface area contributed by atoms with Crippen molar-refractivity contribution in [2.24, 2.45) is 5.92 Å². The summed E-state index contributed by atoms with van der Waals surface area (Å²) in [4.78, 5) is 16.6. The van der Waals surface area contributed by atoms with Gasteiger partial charge in [-0.25, -0.2) is 9.78 Å². The number of hydrogen-bond donors (Lipinski definition) is 2. The molecule has 0 fully saturated rings. The Hall–Kier alpha value is -1.89. The van der Waals surface area contributed by atoms with Gasteiger partial charge in [0.05, 0.1) is 17.4 Å². The molecule has 0 aromatic carbocycles. The van der Waals surface area contributed by atoms with Crippen LogP contribution in [0.5, 0.6) is 0 Å². The van der Waals surface area contributed by atoms with E-state index in [2.05, 4.69) is 34.6 Å². The maximum atomic E-state index is 12.2. The number of nitrogens with zero attached hydrogens (tertiary/aromatic N) is 3. The molecule has 0 unspecified atom stereocenters. The van der Waals surface area contributed by atoms with Crippen LogP contribution in [0.3, 0.4) is 0 Å². The number of anilines is 1. The van der Waals surface area contributed by atoms with E-state index in [1.54, 1.807) is 17.5 Å². The number of rotatable bonds is 5. The third kappa shape index (κ3) is 4.30. The first-order chi connectivity index (χ1) is 10.3. The van der Waals surface area contributed by atoms with Gasteiger partial charge in [0, 0.05) is 23.8 Å². The lowest BCUT2D eigenvalue weighted by molar-refractivity contribution is 0.241. The largest absolute Gasteiger partial charge is 0.326 e. The Morgan fingerprint density at radius 1 is 1.45 bits per heavy atom. The van der Waals surface area contributed by atoms with Gasteiger partial charge in [-0.05, 0) is 26.7 Å². The highest BCUT2D eigenvalue weighted by atomic mass is 32.1. The predicted molar refractivity (Wildman–Crippen MR) is 89.1 cm³/mol. The highest BCUT2D eigenvalue weighted by molar-refractivity contribution is 7.09. The molecule has 2 aromatic heterocycles. The van der Waals surface area contributed by atoms with Crippen LogP contribution in [-0.2, 0) is 12.1 Å².